The Kier molecular flexibility index (Phi) is 4.77. The molecule has 4 nitrogen and oxygen atoms in total. The first kappa shape index (κ1) is 13.5. The molecule has 0 spiro atoms. The van der Waals surface area contributed by atoms with Crippen LogP contribution < -0.4 is 0 Å². The fourth-order valence-electron chi connectivity index (χ4n) is 2.07. The summed E-state index contributed by atoms with van der Waals surface area (Å²) in [5.41, 5.74) is 0. The maximum atomic E-state index is 11.7. The monoisotopic (exact) mass is 248 g/mol. The number of ether oxygens (including phenoxy) is 1. The molecule has 0 amide bonds. The van der Waals surface area contributed by atoms with E-state index in [0.29, 0.717) is 0 Å². The molecule has 0 unspecified atom stereocenters. The lowest BCUT2D eigenvalue weighted by Crippen LogP contribution is -2.25. The quantitative estimate of drug-likeness (QED) is 0.692. The van der Waals surface area contributed by atoms with Crippen LogP contribution in [0.15, 0.2) is 0 Å². The van der Waals surface area contributed by atoms with Gasteiger partial charge < -0.3 is 4.74 Å². The molecule has 1 fully saturated rings. The third kappa shape index (κ3) is 4.96. The van der Waals surface area contributed by atoms with Gasteiger partial charge in [0.1, 0.15) is 5.75 Å². The molecular formula is C11H20O4S. The van der Waals surface area contributed by atoms with Gasteiger partial charge in [0.15, 0.2) is 9.84 Å². The van der Waals surface area contributed by atoms with Crippen molar-refractivity contribution in [3.63, 3.8) is 0 Å². The number of rotatable bonds is 5. The van der Waals surface area contributed by atoms with E-state index in [1.807, 2.05) is 0 Å². The highest BCUT2D eigenvalue weighted by atomic mass is 32.2. The standard InChI is InChI=1S/C11H20O4S/c1-9(2)15-11(12)8-16(13,14)7-10-5-3-4-6-10/h9-10H,3-8H2,1-2H3. The zero-order valence-electron chi connectivity index (χ0n) is 9.94. The zero-order valence-corrected chi connectivity index (χ0v) is 10.8. The molecule has 0 radical (unpaired) electrons. The van der Waals surface area contributed by atoms with Gasteiger partial charge in [0, 0.05) is 0 Å². The molecule has 0 aromatic rings. The van der Waals surface area contributed by atoms with Gasteiger partial charge in [-0.15, -0.1) is 0 Å². The largest absolute Gasteiger partial charge is 0.462 e. The molecule has 5 heteroatoms. The summed E-state index contributed by atoms with van der Waals surface area (Å²) >= 11 is 0. The molecule has 1 rings (SSSR count). The Labute approximate surface area is 97.3 Å². The van der Waals surface area contributed by atoms with Gasteiger partial charge in [0.25, 0.3) is 0 Å². The summed E-state index contributed by atoms with van der Waals surface area (Å²) in [5, 5.41) is 0. The molecule has 0 atom stereocenters. The van der Waals surface area contributed by atoms with Crippen LogP contribution in [0.3, 0.4) is 0 Å². The number of hydrogen-bond donors (Lipinski definition) is 0. The van der Waals surface area contributed by atoms with Crippen LogP contribution in [0.1, 0.15) is 39.5 Å². The predicted octanol–water partition coefficient (Wildman–Crippen LogP) is 1.54. The van der Waals surface area contributed by atoms with Crippen molar-refractivity contribution in [1.29, 1.82) is 0 Å². The molecule has 1 saturated carbocycles. The maximum absolute atomic E-state index is 11.7. The van der Waals surface area contributed by atoms with Crippen molar-refractivity contribution >= 4 is 15.8 Å². The van der Waals surface area contributed by atoms with Crippen LogP contribution in [0.2, 0.25) is 0 Å². The van der Waals surface area contributed by atoms with E-state index in [-0.39, 0.29) is 17.8 Å². The summed E-state index contributed by atoms with van der Waals surface area (Å²) in [6, 6.07) is 0. The minimum Gasteiger partial charge on any atom is -0.462 e. The third-order valence-corrected chi connectivity index (χ3v) is 4.32. The third-order valence-electron chi connectivity index (χ3n) is 2.67. The smallest absolute Gasteiger partial charge is 0.321 e. The Balaban J connectivity index is 2.41. The van der Waals surface area contributed by atoms with Crippen molar-refractivity contribution in [3.05, 3.63) is 0 Å². The maximum Gasteiger partial charge on any atom is 0.321 e. The Bertz CT molecular complexity index is 326. The molecule has 16 heavy (non-hydrogen) atoms. The molecule has 94 valence electrons. The lowest BCUT2D eigenvalue weighted by Gasteiger charge is -2.11. The number of hydrogen-bond acceptors (Lipinski definition) is 4. The first-order valence-corrected chi connectivity index (χ1v) is 7.61. The van der Waals surface area contributed by atoms with Gasteiger partial charge in [0.05, 0.1) is 11.9 Å². The fraction of sp³-hybridized carbons (Fsp3) is 0.909. The summed E-state index contributed by atoms with van der Waals surface area (Å²) < 4.78 is 28.2. The van der Waals surface area contributed by atoms with E-state index in [2.05, 4.69) is 0 Å². The first-order valence-electron chi connectivity index (χ1n) is 5.79. The summed E-state index contributed by atoms with van der Waals surface area (Å²) in [7, 11) is -3.28. The second kappa shape index (κ2) is 5.66. The molecule has 0 aromatic carbocycles. The minimum absolute atomic E-state index is 0.139. The first-order chi connectivity index (χ1) is 7.39. The minimum atomic E-state index is -3.28. The van der Waals surface area contributed by atoms with E-state index >= 15 is 0 Å². The molecular weight excluding hydrogens is 228 g/mol. The van der Waals surface area contributed by atoms with E-state index in [0.717, 1.165) is 25.7 Å². The topological polar surface area (TPSA) is 60.4 Å². The SMILES string of the molecule is CC(C)OC(=O)CS(=O)(=O)CC1CCCC1. The molecule has 0 saturated heterocycles. The van der Waals surface area contributed by atoms with E-state index in [4.69, 9.17) is 4.74 Å². The average Bonchev–Trinajstić information content (AvgIpc) is 2.51. The van der Waals surface area contributed by atoms with Crippen molar-refractivity contribution in [2.75, 3.05) is 11.5 Å². The normalized spacial score (nSPS) is 17.9. The van der Waals surface area contributed by atoms with Crippen molar-refractivity contribution < 1.29 is 17.9 Å². The molecule has 0 heterocycles. The summed E-state index contributed by atoms with van der Waals surface area (Å²) in [4.78, 5) is 11.2. The highest BCUT2D eigenvalue weighted by Gasteiger charge is 2.25. The van der Waals surface area contributed by atoms with Gasteiger partial charge >= 0.3 is 5.97 Å². The highest BCUT2D eigenvalue weighted by Crippen LogP contribution is 2.26. The van der Waals surface area contributed by atoms with Crippen LogP contribution in [-0.4, -0.2) is 32.0 Å². The Morgan fingerprint density at radius 3 is 2.38 bits per heavy atom. The second-order valence-electron chi connectivity index (χ2n) is 4.74. The fourth-order valence-corrected chi connectivity index (χ4v) is 3.67. The lowest BCUT2D eigenvalue weighted by atomic mass is 10.1. The number of carbonyl (C=O) groups is 1. The van der Waals surface area contributed by atoms with Crippen LogP contribution in [0.4, 0.5) is 0 Å². The van der Waals surface area contributed by atoms with E-state index in [1.165, 1.54) is 0 Å². The highest BCUT2D eigenvalue weighted by molar-refractivity contribution is 7.92. The van der Waals surface area contributed by atoms with E-state index < -0.39 is 21.6 Å². The van der Waals surface area contributed by atoms with Crippen LogP contribution in [-0.2, 0) is 19.4 Å². The van der Waals surface area contributed by atoms with Crippen molar-refractivity contribution in [3.8, 4) is 0 Å². The summed E-state index contributed by atoms with van der Waals surface area (Å²) in [6.45, 7) is 3.42. The molecule has 1 aliphatic rings. The molecule has 0 aliphatic heterocycles. The number of carbonyl (C=O) groups excluding carboxylic acids is 1. The van der Waals surface area contributed by atoms with Crippen molar-refractivity contribution in [2.45, 2.75) is 45.6 Å². The van der Waals surface area contributed by atoms with Crippen LogP contribution >= 0.6 is 0 Å². The summed E-state index contributed by atoms with van der Waals surface area (Å²) in [5.74, 6) is -0.716. The molecule has 0 bridgehead atoms. The molecule has 1 aliphatic carbocycles. The Morgan fingerprint density at radius 2 is 1.88 bits per heavy atom. The predicted molar refractivity (Wildman–Crippen MR) is 61.8 cm³/mol. The zero-order chi connectivity index (χ0) is 12.2. The number of sulfone groups is 1. The van der Waals surface area contributed by atoms with Gasteiger partial charge in [-0.2, -0.15) is 0 Å². The second-order valence-corrected chi connectivity index (χ2v) is 6.85. The molecule has 0 aromatic heterocycles. The van der Waals surface area contributed by atoms with E-state index in [9.17, 15) is 13.2 Å². The lowest BCUT2D eigenvalue weighted by molar-refractivity contribution is -0.144. The molecule has 0 N–H and O–H groups in total. The van der Waals surface area contributed by atoms with Gasteiger partial charge in [0.2, 0.25) is 0 Å². The van der Waals surface area contributed by atoms with Gasteiger partial charge in [-0.1, -0.05) is 12.8 Å². The van der Waals surface area contributed by atoms with E-state index in [1.54, 1.807) is 13.8 Å². The Morgan fingerprint density at radius 1 is 1.31 bits per heavy atom. The van der Waals surface area contributed by atoms with Crippen molar-refractivity contribution in [2.24, 2.45) is 5.92 Å². The summed E-state index contributed by atoms with van der Waals surface area (Å²) in [6.07, 6.45) is 3.90. The van der Waals surface area contributed by atoms with Crippen molar-refractivity contribution in [1.82, 2.24) is 0 Å². The van der Waals surface area contributed by atoms with Crippen LogP contribution in [0, 0.1) is 5.92 Å². The average molecular weight is 248 g/mol. The van der Waals surface area contributed by atoms with Crippen LogP contribution in [0.25, 0.3) is 0 Å². The van der Waals surface area contributed by atoms with Gasteiger partial charge in [-0.3, -0.25) is 4.79 Å². The Hall–Kier alpha value is -0.580. The van der Waals surface area contributed by atoms with Crippen LogP contribution in [0.5, 0.6) is 0 Å². The van der Waals surface area contributed by atoms with Gasteiger partial charge in [-0.05, 0) is 32.6 Å². The van der Waals surface area contributed by atoms with Gasteiger partial charge in [-0.25, -0.2) is 8.42 Å². The number of esters is 1.